The molecule has 0 bridgehead atoms. The maximum atomic E-state index is 11.6. The van der Waals surface area contributed by atoms with E-state index in [4.69, 9.17) is 18.6 Å². The first kappa shape index (κ1) is 24.8. The van der Waals surface area contributed by atoms with E-state index in [0.717, 1.165) is 0 Å². The highest BCUT2D eigenvalue weighted by atomic mass is 28.4. The average Bonchev–Trinajstić information content (AvgIpc) is 3.36. The van der Waals surface area contributed by atoms with Crippen LogP contribution in [0.15, 0.2) is 18.5 Å². The van der Waals surface area contributed by atoms with Crippen LogP contribution in [0, 0.1) is 11.3 Å². The van der Waals surface area contributed by atoms with Crippen molar-refractivity contribution < 1.29 is 23.4 Å². The first-order valence-corrected chi connectivity index (χ1v) is 14.3. The van der Waals surface area contributed by atoms with E-state index >= 15 is 0 Å². The molecule has 1 amide bonds. The summed E-state index contributed by atoms with van der Waals surface area (Å²) in [7, 11) is -2.16. The van der Waals surface area contributed by atoms with Gasteiger partial charge in [0.05, 0.1) is 12.3 Å². The van der Waals surface area contributed by atoms with Gasteiger partial charge in [-0.25, -0.2) is 9.50 Å². The van der Waals surface area contributed by atoms with Gasteiger partial charge in [-0.05, 0) is 44.1 Å². The number of carbonyl (C=O) groups excluding carboxylic acids is 1. The van der Waals surface area contributed by atoms with Crippen molar-refractivity contribution in [2.75, 3.05) is 11.9 Å². The van der Waals surface area contributed by atoms with E-state index in [9.17, 15) is 10.1 Å². The number of amides is 1. The van der Waals surface area contributed by atoms with Crippen LogP contribution in [0.3, 0.4) is 0 Å². The van der Waals surface area contributed by atoms with Crippen LogP contribution in [0.5, 0.6) is 0 Å². The number of nitrogens with zero attached hydrogens (tertiary/aromatic N) is 4. The first-order valence-electron chi connectivity index (χ1n) is 11.4. The summed E-state index contributed by atoms with van der Waals surface area (Å²) in [6, 6.07) is 6.00. The SMILES string of the molecule is CC(=O)Nc1ncnn2c([C@@H]3O[C@](C#N)(CO[Si](C)(C)C(C)(C)C)[C@H]4OC(C)(C)O[C@@H]34)ccc12. The molecule has 0 unspecified atom stereocenters. The van der Waals surface area contributed by atoms with Crippen molar-refractivity contribution in [3.8, 4) is 6.07 Å². The Morgan fingerprint density at radius 3 is 2.62 bits per heavy atom. The average molecular weight is 488 g/mol. The highest BCUT2D eigenvalue weighted by Crippen LogP contribution is 2.50. The molecule has 4 heterocycles. The number of ether oxygens (including phenoxy) is 3. The predicted molar refractivity (Wildman–Crippen MR) is 126 cm³/mol. The third-order valence-corrected chi connectivity index (χ3v) is 11.4. The van der Waals surface area contributed by atoms with E-state index in [2.05, 4.69) is 55.3 Å². The van der Waals surface area contributed by atoms with E-state index in [1.165, 1.54) is 13.3 Å². The van der Waals surface area contributed by atoms with E-state index in [-0.39, 0.29) is 17.6 Å². The van der Waals surface area contributed by atoms with Crippen LogP contribution in [0.1, 0.15) is 53.3 Å². The smallest absolute Gasteiger partial charge is 0.222 e. The summed E-state index contributed by atoms with van der Waals surface area (Å²) in [6.45, 7) is 15.9. The van der Waals surface area contributed by atoms with Crippen molar-refractivity contribution in [1.29, 1.82) is 5.26 Å². The van der Waals surface area contributed by atoms with Gasteiger partial charge in [-0.1, -0.05) is 20.8 Å². The van der Waals surface area contributed by atoms with Crippen LogP contribution in [-0.4, -0.2) is 59.0 Å². The Morgan fingerprint density at radius 2 is 2.00 bits per heavy atom. The summed E-state index contributed by atoms with van der Waals surface area (Å²) >= 11 is 0. The number of fused-ring (bicyclic) bond motifs is 2. The van der Waals surface area contributed by atoms with Crippen molar-refractivity contribution >= 4 is 25.6 Å². The van der Waals surface area contributed by atoms with E-state index in [1.807, 2.05) is 19.9 Å². The van der Waals surface area contributed by atoms with Crippen molar-refractivity contribution in [1.82, 2.24) is 14.6 Å². The van der Waals surface area contributed by atoms with Crippen LogP contribution in [0.4, 0.5) is 5.82 Å². The van der Waals surface area contributed by atoms with Gasteiger partial charge in [0.15, 0.2) is 19.9 Å². The molecule has 2 aromatic heterocycles. The number of hydrogen-bond donors (Lipinski definition) is 1. The fourth-order valence-electron chi connectivity index (χ4n) is 4.14. The highest BCUT2D eigenvalue weighted by Gasteiger charge is 2.65. The maximum absolute atomic E-state index is 11.6. The summed E-state index contributed by atoms with van der Waals surface area (Å²) < 4.78 is 27.0. The quantitative estimate of drug-likeness (QED) is 0.636. The molecule has 4 rings (SSSR count). The molecule has 0 aliphatic carbocycles. The molecule has 0 spiro atoms. The zero-order chi connectivity index (χ0) is 25.1. The lowest BCUT2D eigenvalue weighted by molar-refractivity contribution is -0.204. The molecule has 2 aliphatic heterocycles. The topological polar surface area (TPSA) is 120 Å². The Morgan fingerprint density at radius 1 is 1.29 bits per heavy atom. The Balaban J connectivity index is 1.73. The molecule has 0 aromatic carbocycles. The summed E-state index contributed by atoms with van der Waals surface area (Å²) in [6.07, 6.45) is -0.473. The van der Waals surface area contributed by atoms with Gasteiger partial charge in [0.25, 0.3) is 0 Å². The highest BCUT2D eigenvalue weighted by molar-refractivity contribution is 6.74. The molecule has 1 N–H and O–H groups in total. The minimum absolute atomic E-state index is 0.0257. The van der Waals surface area contributed by atoms with E-state index in [0.29, 0.717) is 17.0 Å². The van der Waals surface area contributed by atoms with Gasteiger partial charge in [0.1, 0.15) is 36.2 Å². The number of hydrogen-bond acceptors (Lipinski definition) is 8. The van der Waals surface area contributed by atoms with Crippen LogP contribution >= 0.6 is 0 Å². The molecule has 11 heteroatoms. The number of aromatic nitrogens is 3. The number of rotatable bonds is 5. The van der Waals surface area contributed by atoms with Gasteiger partial charge >= 0.3 is 0 Å². The Kier molecular flexibility index (Phi) is 5.90. The third-order valence-electron chi connectivity index (χ3n) is 6.93. The van der Waals surface area contributed by atoms with Crippen molar-refractivity contribution in [2.24, 2.45) is 0 Å². The molecule has 4 atom stereocenters. The molecular weight excluding hydrogens is 454 g/mol. The van der Waals surface area contributed by atoms with Gasteiger partial charge in [-0.15, -0.1) is 0 Å². The summed E-state index contributed by atoms with van der Waals surface area (Å²) in [5, 5.41) is 17.4. The number of nitrogens with one attached hydrogen (secondary N) is 1. The monoisotopic (exact) mass is 487 g/mol. The Bertz CT molecular complexity index is 1150. The van der Waals surface area contributed by atoms with Gasteiger partial charge in [-0.2, -0.15) is 10.4 Å². The van der Waals surface area contributed by atoms with Crippen LogP contribution in [-0.2, 0) is 23.4 Å². The Hall–Kier alpha value is -2.36. The van der Waals surface area contributed by atoms with Gasteiger partial charge in [0, 0.05) is 6.92 Å². The molecule has 10 nitrogen and oxygen atoms in total. The second kappa shape index (κ2) is 8.10. The fraction of sp³-hybridized carbons (Fsp3) is 0.652. The van der Waals surface area contributed by atoms with Crippen molar-refractivity contribution in [2.45, 2.75) is 89.4 Å². The number of nitriles is 1. The molecule has 2 saturated heterocycles. The molecule has 2 aliphatic rings. The van der Waals surface area contributed by atoms with Crippen LogP contribution in [0.2, 0.25) is 18.1 Å². The zero-order valence-corrected chi connectivity index (χ0v) is 22.0. The lowest BCUT2D eigenvalue weighted by Gasteiger charge is -2.39. The predicted octanol–water partition coefficient (Wildman–Crippen LogP) is 3.56. The number of carbonyl (C=O) groups is 1. The molecule has 184 valence electrons. The third kappa shape index (κ3) is 4.14. The van der Waals surface area contributed by atoms with Gasteiger partial charge in [0.2, 0.25) is 11.5 Å². The zero-order valence-electron chi connectivity index (χ0n) is 21.0. The summed E-state index contributed by atoms with van der Waals surface area (Å²) in [5.41, 5.74) is -0.0706. The standard InChI is InChI=1S/C23H33N5O5Si/c1-14(29)27-20-16-10-9-15(28(16)26-13-25-20)17-18-19(33-22(5,6)31-18)23(11-24,32-17)12-30-34(7,8)21(2,3)4/h9-10,13,17-19H,12H2,1-8H3,(H,25,26,27,29)/t17-,18-,19-,23+/m0/s1. The Labute approximate surface area is 200 Å². The summed E-state index contributed by atoms with van der Waals surface area (Å²) in [4.78, 5) is 15.8. The number of anilines is 1. The largest absolute Gasteiger partial charge is 0.413 e. The molecule has 2 fully saturated rings. The van der Waals surface area contributed by atoms with Crippen LogP contribution < -0.4 is 5.32 Å². The van der Waals surface area contributed by atoms with Crippen molar-refractivity contribution in [3.63, 3.8) is 0 Å². The van der Waals surface area contributed by atoms with E-state index in [1.54, 1.807) is 10.6 Å². The minimum atomic E-state index is -2.16. The lowest BCUT2D eigenvalue weighted by atomic mass is 9.96. The molecular formula is C23H33N5O5Si. The second-order valence-electron chi connectivity index (χ2n) is 11.0. The summed E-state index contributed by atoms with van der Waals surface area (Å²) in [5.74, 6) is -0.735. The minimum Gasteiger partial charge on any atom is -0.413 e. The van der Waals surface area contributed by atoms with Gasteiger partial charge in [-0.3, -0.25) is 4.79 Å². The van der Waals surface area contributed by atoms with E-state index < -0.39 is 38.0 Å². The maximum Gasteiger partial charge on any atom is 0.222 e. The van der Waals surface area contributed by atoms with Crippen molar-refractivity contribution in [3.05, 3.63) is 24.2 Å². The molecule has 0 saturated carbocycles. The normalized spacial score (nSPS) is 28.6. The van der Waals surface area contributed by atoms with Crippen LogP contribution in [0.25, 0.3) is 5.52 Å². The molecule has 2 aromatic rings. The molecule has 0 radical (unpaired) electrons. The lowest BCUT2D eigenvalue weighted by Crippen LogP contribution is -2.51. The first-order chi connectivity index (χ1) is 15.7. The fourth-order valence-corrected chi connectivity index (χ4v) is 5.14. The van der Waals surface area contributed by atoms with Gasteiger partial charge < -0.3 is 24.0 Å². The molecule has 34 heavy (non-hydrogen) atoms. The second-order valence-corrected chi connectivity index (χ2v) is 15.8.